The molecule has 1 aromatic heterocycles. The van der Waals surface area contributed by atoms with Crippen molar-refractivity contribution in [3.05, 3.63) is 192 Å². The summed E-state index contributed by atoms with van der Waals surface area (Å²) in [6.07, 6.45) is 4.48. The van der Waals surface area contributed by atoms with Crippen LogP contribution in [0.4, 0.5) is 0 Å². The van der Waals surface area contributed by atoms with E-state index in [2.05, 4.69) is 108 Å². The van der Waals surface area contributed by atoms with Gasteiger partial charge in [-0.3, -0.25) is 0 Å². The molecule has 7 aromatic rings. The fourth-order valence-electron chi connectivity index (χ4n) is 7.78. The molecule has 0 atom stereocenters. The van der Waals surface area contributed by atoms with Crippen molar-refractivity contribution < 1.29 is 4.74 Å². The Morgan fingerprint density at radius 1 is 0.480 bits per heavy atom. The Morgan fingerprint density at radius 3 is 1.58 bits per heavy atom. The zero-order valence-corrected chi connectivity index (χ0v) is 27.0. The van der Waals surface area contributed by atoms with Crippen LogP contribution < -0.4 is 10.1 Å². The zero-order chi connectivity index (χ0) is 33.1. The van der Waals surface area contributed by atoms with Crippen LogP contribution in [0.2, 0.25) is 0 Å². The van der Waals surface area contributed by atoms with E-state index >= 15 is 0 Å². The minimum absolute atomic E-state index is 0.524. The molecule has 0 amide bonds. The number of nitrogens with one attached hydrogen (secondary N) is 1. The Balaban J connectivity index is 1.10. The molecule has 6 aromatic carbocycles. The Bertz CT molecular complexity index is 2400. The number of para-hydroxylation sites is 2. The fourth-order valence-corrected chi connectivity index (χ4v) is 7.78. The number of nitrogens with zero attached hydrogens (tertiary/aromatic N) is 3. The molecule has 0 fully saturated rings. The maximum Gasteiger partial charge on any atom is 0.164 e. The summed E-state index contributed by atoms with van der Waals surface area (Å²) in [7, 11) is 0. The number of benzene rings is 6. The lowest BCUT2D eigenvalue weighted by molar-refractivity contribution is 0.429. The first kappa shape index (κ1) is 28.4. The Hall–Kier alpha value is -6.59. The first-order valence-electron chi connectivity index (χ1n) is 16.9. The van der Waals surface area contributed by atoms with Gasteiger partial charge in [-0.1, -0.05) is 146 Å². The summed E-state index contributed by atoms with van der Waals surface area (Å²) in [5.74, 6) is 3.72. The first-order chi connectivity index (χ1) is 24.8. The highest BCUT2D eigenvalue weighted by Gasteiger charge is 2.52. The molecule has 0 bridgehead atoms. The van der Waals surface area contributed by atoms with Crippen LogP contribution in [0.15, 0.2) is 170 Å². The van der Waals surface area contributed by atoms with E-state index in [1.165, 1.54) is 22.4 Å². The topological polar surface area (TPSA) is 59.9 Å². The van der Waals surface area contributed by atoms with Crippen LogP contribution in [0.1, 0.15) is 22.3 Å². The number of hydrogen-bond acceptors (Lipinski definition) is 5. The van der Waals surface area contributed by atoms with Crippen LogP contribution in [0, 0.1) is 0 Å². The molecule has 2 aliphatic heterocycles. The van der Waals surface area contributed by atoms with Gasteiger partial charge in [-0.25, -0.2) is 15.0 Å². The monoisotopic (exact) mass is 642 g/mol. The summed E-state index contributed by atoms with van der Waals surface area (Å²) in [5.41, 5.74) is 11.8. The van der Waals surface area contributed by atoms with Crippen molar-refractivity contribution in [2.24, 2.45) is 0 Å². The van der Waals surface area contributed by atoms with Crippen molar-refractivity contribution >= 4 is 5.57 Å². The zero-order valence-electron chi connectivity index (χ0n) is 27.0. The Kier molecular flexibility index (Phi) is 6.39. The number of fused-ring (bicyclic) bond motifs is 8. The molecule has 10 rings (SSSR count). The van der Waals surface area contributed by atoms with Crippen molar-refractivity contribution in [2.75, 3.05) is 6.54 Å². The minimum Gasteiger partial charge on any atom is -0.457 e. The summed E-state index contributed by atoms with van der Waals surface area (Å²) in [4.78, 5) is 14.7. The van der Waals surface area contributed by atoms with Crippen LogP contribution in [-0.2, 0) is 5.41 Å². The highest BCUT2D eigenvalue weighted by molar-refractivity contribution is 5.93. The van der Waals surface area contributed by atoms with E-state index in [0.717, 1.165) is 57.0 Å². The van der Waals surface area contributed by atoms with Crippen LogP contribution in [-0.4, -0.2) is 21.5 Å². The first-order valence-corrected chi connectivity index (χ1v) is 16.9. The molecule has 1 spiro atoms. The largest absolute Gasteiger partial charge is 0.457 e. The van der Waals surface area contributed by atoms with E-state index in [0.29, 0.717) is 17.5 Å². The molecule has 3 heterocycles. The quantitative estimate of drug-likeness (QED) is 0.207. The Morgan fingerprint density at radius 2 is 0.980 bits per heavy atom. The van der Waals surface area contributed by atoms with Gasteiger partial charge in [0.1, 0.15) is 11.5 Å². The van der Waals surface area contributed by atoms with Gasteiger partial charge in [-0.15, -0.1) is 0 Å². The molecule has 0 unspecified atom stereocenters. The molecule has 5 nitrogen and oxygen atoms in total. The average Bonchev–Trinajstić information content (AvgIpc) is 3.48. The summed E-state index contributed by atoms with van der Waals surface area (Å²) in [6.45, 7) is 0.781. The van der Waals surface area contributed by atoms with Gasteiger partial charge in [0.25, 0.3) is 0 Å². The van der Waals surface area contributed by atoms with E-state index < -0.39 is 5.41 Å². The summed E-state index contributed by atoms with van der Waals surface area (Å²) in [5, 5.41) is 3.81. The molecule has 1 aliphatic carbocycles. The maximum atomic E-state index is 6.52. The van der Waals surface area contributed by atoms with Gasteiger partial charge in [0.2, 0.25) is 0 Å². The van der Waals surface area contributed by atoms with E-state index in [-0.39, 0.29) is 0 Å². The SMILES string of the molecule is C1=CC2=C(NC1)C1(c3ccccc3Oc3ccccc31)c1cc(-c3ccc(-c4nc(-c5ccccc5)nc(-c5ccccc5)n4)cc3)ccc12. The number of hydrogen-bond donors (Lipinski definition) is 1. The van der Waals surface area contributed by atoms with Crippen molar-refractivity contribution in [3.63, 3.8) is 0 Å². The molecule has 0 radical (unpaired) electrons. The van der Waals surface area contributed by atoms with Crippen LogP contribution in [0.5, 0.6) is 11.5 Å². The minimum atomic E-state index is -0.524. The number of allylic oxidation sites excluding steroid dienone is 3. The van der Waals surface area contributed by atoms with Gasteiger partial charge < -0.3 is 10.1 Å². The number of rotatable bonds is 4. The normalized spacial score (nSPS) is 14.6. The van der Waals surface area contributed by atoms with E-state index in [4.69, 9.17) is 19.7 Å². The second-order valence-electron chi connectivity index (χ2n) is 12.8. The highest BCUT2D eigenvalue weighted by Crippen LogP contribution is 2.61. The molecular formula is C45H30N4O. The van der Waals surface area contributed by atoms with Crippen molar-refractivity contribution in [1.29, 1.82) is 0 Å². The van der Waals surface area contributed by atoms with Crippen molar-refractivity contribution in [1.82, 2.24) is 20.3 Å². The van der Waals surface area contributed by atoms with E-state index in [9.17, 15) is 0 Å². The number of ether oxygens (including phenoxy) is 1. The van der Waals surface area contributed by atoms with Gasteiger partial charge >= 0.3 is 0 Å². The molecular weight excluding hydrogens is 613 g/mol. The van der Waals surface area contributed by atoms with Crippen molar-refractivity contribution in [2.45, 2.75) is 5.41 Å². The van der Waals surface area contributed by atoms with Crippen molar-refractivity contribution in [3.8, 4) is 56.8 Å². The fraction of sp³-hybridized carbons (Fsp3) is 0.0444. The van der Waals surface area contributed by atoms with Crippen LogP contribution in [0.3, 0.4) is 0 Å². The molecule has 0 saturated carbocycles. The number of dihydropyridines is 1. The summed E-state index contributed by atoms with van der Waals surface area (Å²) >= 11 is 0. The second kappa shape index (κ2) is 11.2. The Labute approximate surface area is 290 Å². The van der Waals surface area contributed by atoms with E-state index in [1.54, 1.807) is 0 Å². The van der Waals surface area contributed by atoms with Gasteiger partial charge in [0, 0.05) is 45.6 Å². The molecule has 236 valence electrons. The standard InChI is InChI=1S/C45H30N4O/c1-3-12-30(13-4-1)42-47-43(31-14-5-2-6-15-31)49-44(48-42)32-23-21-29(22-24-32)33-25-26-34-35-16-11-27-46-41(35)45(38(34)28-33)36-17-7-9-19-39(36)50-40-20-10-8-18-37(40)45/h1-26,28,46H,27H2. The summed E-state index contributed by atoms with van der Waals surface area (Å²) < 4.78 is 6.52. The summed E-state index contributed by atoms with van der Waals surface area (Å²) in [6, 6.07) is 52.6. The second-order valence-corrected chi connectivity index (χ2v) is 12.8. The molecule has 1 N–H and O–H groups in total. The van der Waals surface area contributed by atoms with Gasteiger partial charge in [-0.05, 0) is 40.5 Å². The maximum absolute atomic E-state index is 6.52. The van der Waals surface area contributed by atoms with E-state index in [1.807, 2.05) is 60.7 Å². The molecule has 50 heavy (non-hydrogen) atoms. The average molecular weight is 643 g/mol. The lowest BCUT2D eigenvalue weighted by Gasteiger charge is -2.41. The third kappa shape index (κ3) is 4.30. The smallest absolute Gasteiger partial charge is 0.164 e. The lowest BCUT2D eigenvalue weighted by Crippen LogP contribution is -2.39. The predicted molar refractivity (Wildman–Crippen MR) is 198 cm³/mol. The highest BCUT2D eigenvalue weighted by atomic mass is 16.5. The molecule has 5 heteroatoms. The van der Waals surface area contributed by atoms with Gasteiger partial charge in [0.15, 0.2) is 17.5 Å². The van der Waals surface area contributed by atoms with Crippen LogP contribution >= 0.6 is 0 Å². The third-order valence-electron chi connectivity index (χ3n) is 10.0. The molecule has 3 aliphatic rings. The van der Waals surface area contributed by atoms with Gasteiger partial charge in [0.05, 0.1) is 5.41 Å². The third-order valence-corrected chi connectivity index (χ3v) is 10.0. The lowest BCUT2D eigenvalue weighted by atomic mass is 9.67. The van der Waals surface area contributed by atoms with Gasteiger partial charge in [-0.2, -0.15) is 0 Å². The number of aromatic nitrogens is 3. The predicted octanol–water partition coefficient (Wildman–Crippen LogP) is 9.86. The van der Waals surface area contributed by atoms with Crippen LogP contribution in [0.25, 0.3) is 50.9 Å². The molecule has 0 saturated heterocycles.